The van der Waals surface area contributed by atoms with Crippen LogP contribution in [-0.2, 0) is 0 Å². The highest BCUT2D eigenvalue weighted by molar-refractivity contribution is 5.87. The normalized spacial score (nSPS) is 21.8. The van der Waals surface area contributed by atoms with Crippen LogP contribution in [0.2, 0.25) is 0 Å². The van der Waals surface area contributed by atoms with Crippen LogP contribution in [0.3, 0.4) is 0 Å². The zero-order valence-electron chi connectivity index (χ0n) is 11.1. The van der Waals surface area contributed by atoms with E-state index in [0.717, 1.165) is 18.9 Å². The SMILES string of the molecule is O=C(O)c1ccc(N2CCC3(CCCC3)CC2)nc1. The van der Waals surface area contributed by atoms with Crippen molar-refractivity contribution < 1.29 is 9.90 Å². The lowest BCUT2D eigenvalue weighted by atomic mass is 9.77. The Kier molecular flexibility index (Phi) is 3.17. The average molecular weight is 260 g/mol. The fourth-order valence-electron chi connectivity index (χ4n) is 3.53. The molecule has 1 aliphatic heterocycles. The molecule has 0 aromatic carbocycles. The Morgan fingerprint density at radius 2 is 1.84 bits per heavy atom. The fourth-order valence-corrected chi connectivity index (χ4v) is 3.53. The second-order valence-corrected chi connectivity index (χ2v) is 5.90. The molecule has 102 valence electrons. The minimum Gasteiger partial charge on any atom is -0.478 e. The molecule has 2 fully saturated rings. The van der Waals surface area contributed by atoms with Gasteiger partial charge in [0.15, 0.2) is 0 Å². The minimum absolute atomic E-state index is 0.257. The van der Waals surface area contributed by atoms with E-state index in [1.165, 1.54) is 44.7 Å². The predicted molar refractivity (Wildman–Crippen MR) is 73.5 cm³/mol. The van der Waals surface area contributed by atoms with Gasteiger partial charge in [-0.1, -0.05) is 12.8 Å². The molecule has 4 nitrogen and oxygen atoms in total. The van der Waals surface area contributed by atoms with Crippen molar-refractivity contribution >= 4 is 11.8 Å². The van der Waals surface area contributed by atoms with Gasteiger partial charge >= 0.3 is 5.97 Å². The number of hydrogen-bond acceptors (Lipinski definition) is 3. The highest BCUT2D eigenvalue weighted by Gasteiger charge is 2.37. The zero-order valence-corrected chi connectivity index (χ0v) is 11.1. The fraction of sp³-hybridized carbons (Fsp3) is 0.600. The van der Waals surface area contributed by atoms with Crippen LogP contribution in [0.15, 0.2) is 18.3 Å². The van der Waals surface area contributed by atoms with E-state index in [9.17, 15) is 4.79 Å². The number of anilines is 1. The number of rotatable bonds is 2. The first-order valence-corrected chi connectivity index (χ1v) is 7.13. The van der Waals surface area contributed by atoms with Crippen molar-refractivity contribution in [1.82, 2.24) is 4.98 Å². The smallest absolute Gasteiger partial charge is 0.337 e. The molecule has 2 aliphatic rings. The third-order valence-electron chi connectivity index (χ3n) is 4.81. The number of carboxylic acid groups (broad SMARTS) is 1. The molecule has 1 N–H and O–H groups in total. The van der Waals surface area contributed by atoms with E-state index in [4.69, 9.17) is 5.11 Å². The van der Waals surface area contributed by atoms with Gasteiger partial charge in [0.1, 0.15) is 5.82 Å². The Morgan fingerprint density at radius 1 is 1.16 bits per heavy atom. The second kappa shape index (κ2) is 4.83. The van der Waals surface area contributed by atoms with Crippen molar-refractivity contribution in [1.29, 1.82) is 0 Å². The van der Waals surface area contributed by atoms with Gasteiger partial charge in [-0.05, 0) is 43.2 Å². The molecule has 0 atom stereocenters. The number of piperidine rings is 1. The van der Waals surface area contributed by atoms with E-state index in [2.05, 4.69) is 9.88 Å². The summed E-state index contributed by atoms with van der Waals surface area (Å²) in [5, 5.41) is 8.87. The summed E-state index contributed by atoms with van der Waals surface area (Å²) in [6, 6.07) is 3.47. The lowest BCUT2D eigenvalue weighted by molar-refractivity contribution is 0.0696. The van der Waals surface area contributed by atoms with E-state index in [1.807, 2.05) is 6.07 Å². The molecule has 0 radical (unpaired) electrons. The molecule has 0 unspecified atom stereocenters. The van der Waals surface area contributed by atoms with Gasteiger partial charge in [-0.2, -0.15) is 0 Å². The zero-order chi connectivity index (χ0) is 13.3. The maximum Gasteiger partial charge on any atom is 0.337 e. The Labute approximate surface area is 113 Å². The van der Waals surface area contributed by atoms with Gasteiger partial charge in [-0.15, -0.1) is 0 Å². The molecule has 4 heteroatoms. The van der Waals surface area contributed by atoms with E-state index in [1.54, 1.807) is 6.07 Å². The minimum atomic E-state index is -0.914. The Morgan fingerprint density at radius 3 is 2.37 bits per heavy atom. The van der Waals surface area contributed by atoms with Gasteiger partial charge < -0.3 is 10.0 Å². The van der Waals surface area contributed by atoms with Gasteiger partial charge in [-0.3, -0.25) is 0 Å². The number of aromatic carboxylic acids is 1. The third kappa shape index (κ3) is 2.44. The summed E-state index contributed by atoms with van der Waals surface area (Å²) < 4.78 is 0. The van der Waals surface area contributed by atoms with E-state index < -0.39 is 5.97 Å². The van der Waals surface area contributed by atoms with E-state index in [-0.39, 0.29) is 5.56 Å². The molecule has 0 bridgehead atoms. The molecule has 19 heavy (non-hydrogen) atoms. The molecule has 1 aromatic heterocycles. The van der Waals surface area contributed by atoms with E-state index in [0.29, 0.717) is 5.41 Å². The summed E-state index contributed by atoms with van der Waals surface area (Å²) in [4.78, 5) is 17.4. The van der Waals surface area contributed by atoms with Crippen molar-refractivity contribution in [3.8, 4) is 0 Å². The standard InChI is InChI=1S/C15H20N2O2/c18-14(19)12-3-4-13(16-11-12)17-9-7-15(8-10-17)5-1-2-6-15/h3-4,11H,1-2,5-10H2,(H,18,19). The van der Waals surface area contributed by atoms with Crippen molar-refractivity contribution in [3.05, 3.63) is 23.9 Å². The predicted octanol–water partition coefficient (Wildman–Crippen LogP) is 2.94. The molecule has 1 saturated heterocycles. The number of nitrogens with zero attached hydrogens (tertiary/aromatic N) is 2. The highest BCUT2D eigenvalue weighted by atomic mass is 16.4. The molecule has 1 aromatic rings. The molecular weight excluding hydrogens is 240 g/mol. The molecule has 3 rings (SSSR count). The van der Waals surface area contributed by atoms with Gasteiger partial charge in [0, 0.05) is 19.3 Å². The summed E-state index contributed by atoms with van der Waals surface area (Å²) in [7, 11) is 0. The molecule has 1 saturated carbocycles. The quantitative estimate of drug-likeness (QED) is 0.888. The van der Waals surface area contributed by atoms with Crippen LogP contribution in [0.5, 0.6) is 0 Å². The summed E-state index contributed by atoms with van der Waals surface area (Å²) in [6.45, 7) is 2.11. The molecule has 1 aliphatic carbocycles. The monoisotopic (exact) mass is 260 g/mol. The molecular formula is C15H20N2O2. The van der Waals surface area contributed by atoms with E-state index >= 15 is 0 Å². The first-order chi connectivity index (χ1) is 9.19. The van der Waals surface area contributed by atoms with Crippen molar-refractivity contribution in [2.75, 3.05) is 18.0 Å². The van der Waals surface area contributed by atoms with Crippen LogP contribution in [0.4, 0.5) is 5.82 Å². The van der Waals surface area contributed by atoms with Gasteiger partial charge in [0.25, 0.3) is 0 Å². The second-order valence-electron chi connectivity index (χ2n) is 5.90. The summed E-state index contributed by atoms with van der Waals surface area (Å²) >= 11 is 0. The first kappa shape index (κ1) is 12.5. The van der Waals surface area contributed by atoms with Crippen molar-refractivity contribution in [2.24, 2.45) is 5.41 Å². The van der Waals surface area contributed by atoms with Crippen LogP contribution in [-0.4, -0.2) is 29.1 Å². The largest absolute Gasteiger partial charge is 0.478 e. The Bertz CT molecular complexity index is 454. The number of carboxylic acids is 1. The Hall–Kier alpha value is -1.58. The van der Waals surface area contributed by atoms with Gasteiger partial charge in [-0.25, -0.2) is 9.78 Å². The maximum absolute atomic E-state index is 10.8. The van der Waals surface area contributed by atoms with Crippen molar-refractivity contribution in [3.63, 3.8) is 0 Å². The lowest BCUT2D eigenvalue weighted by Gasteiger charge is -2.40. The maximum atomic E-state index is 10.8. The molecule has 1 spiro atoms. The number of aromatic nitrogens is 1. The van der Waals surface area contributed by atoms with Gasteiger partial charge in [0.05, 0.1) is 5.56 Å². The highest BCUT2D eigenvalue weighted by Crippen LogP contribution is 2.46. The third-order valence-corrected chi connectivity index (χ3v) is 4.81. The molecule has 0 amide bonds. The first-order valence-electron chi connectivity index (χ1n) is 7.13. The number of hydrogen-bond donors (Lipinski definition) is 1. The number of carbonyl (C=O) groups is 1. The van der Waals surface area contributed by atoms with Crippen LogP contribution in [0.1, 0.15) is 48.9 Å². The number of pyridine rings is 1. The van der Waals surface area contributed by atoms with Crippen LogP contribution >= 0.6 is 0 Å². The lowest BCUT2D eigenvalue weighted by Crippen LogP contribution is -2.39. The van der Waals surface area contributed by atoms with Crippen LogP contribution in [0.25, 0.3) is 0 Å². The van der Waals surface area contributed by atoms with Crippen LogP contribution < -0.4 is 4.90 Å². The summed E-state index contributed by atoms with van der Waals surface area (Å²) in [5.41, 5.74) is 0.866. The summed E-state index contributed by atoms with van der Waals surface area (Å²) in [6.07, 6.45) is 9.55. The van der Waals surface area contributed by atoms with Gasteiger partial charge in [0.2, 0.25) is 0 Å². The topological polar surface area (TPSA) is 53.4 Å². The molecule has 2 heterocycles. The van der Waals surface area contributed by atoms with Crippen molar-refractivity contribution in [2.45, 2.75) is 38.5 Å². The average Bonchev–Trinajstić information content (AvgIpc) is 2.88. The Balaban J connectivity index is 1.66. The summed E-state index contributed by atoms with van der Waals surface area (Å²) in [5.74, 6) is 0.000416. The van der Waals surface area contributed by atoms with Crippen LogP contribution in [0, 0.1) is 5.41 Å².